The zero-order valence-electron chi connectivity index (χ0n) is 24.0. The fourth-order valence-electron chi connectivity index (χ4n) is 5.80. The maximum Gasteiger partial charge on any atom is 0.351 e. The smallest absolute Gasteiger partial charge is 0.351 e. The Balaban J connectivity index is 1.34. The molecule has 3 atom stereocenters. The third-order valence-corrected chi connectivity index (χ3v) is 12.7. The first kappa shape index (κ1) is 28.7. The van der Waals surface area contributed by atoms with Gasteiger partial charge in [-0.05, 0) is 40.0 Å². The monoisotopic (exact) mass is 567 g/mol. The fourth-order valence-corrected chi connectivity index (χ4v) is 10.4. The molecular weight excluding hydrogens is 530 g/mol. The maximum atomic E-state index is 13.0. The number of hydrogen-bond donors (Lipinski definition) is 1. The van der Waals surface area contributed by atoms with E-state index in [1.54, 1.807) is 36.5 Å². The molecule has 1 amide bonds. The quantitative estimate of drug-likeness (QED) is 0.303. The summed E-state index contributed by atoms with van der Waals surface area (Å²) in [5, 5.41) is 5.00. The Hall–Kier alpha value is -3.85. The Kier molecular flexibility index (Phi) is 8.35. The molecule has 1 aliphatic rings. The van der Waals surface area contributed by atoms with Gasteiger partial charge in [0.15, 0.2) is 0 Å². The molecule has 212 valence electrons. The summed E-state index contributed by atoms with van der Waals surface area (Å²) < 4.78 is 15.0. The summed E-state index contributed by atoms with van der Waals surface area (Å²) in [4.78, 5) is 29.6. The van der Waals surface area contributed by atoms with Gasteiger partial charge in [0, 0.05) is 17.7 Å². The second-order valence-electron chi connectivity index (χ2n) is 11.7. The summed E-state index contributed by atoms with van der Waals surface area (Å²) in [5.41, 5.74) is 0.0243. The largest absolute Gasteiger partial charge is 0.405 e. The minimum absolute atomic E-state index is 0.0759. The van der Waals surface area contributed by atoms with Crippen molar-refractivity contribution in [1.82, 2.24) is 9.55 Å². The molecule has 0 radical (unpaired) electrons. The van der Waals surface area contributed by atoms with Crippen LogP contribution in [0.5, 0.6) is 0 Å². The molecule has 2 heterocycles. The van der Waals surface area contributed by atoms with E-state index in [-0.39, 0.29) is 28.8 Å². The van der Waals surface area contributed by atoms with Crippen LogP contribution in [0.2, 0.25) is 5.04 Å². The van der Waals surface area contributed by atoms with Gasteiger partial charge in [0.1, 0.15) is 12.0 Å². The average Bonchev–Trinajstić information content (AvgIpc) is 3.34. The molecule has 1 aromatic heterocycles. The van der Waals surface area contributed by atoms with E-state index in [1.165, 1.54) is 14.9 Å². The highest BCUT2D eigenvalue weighted by Gasteiger charge is 2.51. The Bertz CT molecular complexity index is 1480. The number of anilines is 1. The van der Waals surface area contributed by atoms with Gasteiger partial charge in [0.2, 0.25) is 0 Å². The summed E-state index contributed by atoms with van der Waals surface area (Å²) in [6, 6.07) is 31.5. The van der Waals surface area contributed by atoms with Crippen LogP contribution in [0.4, 0.5) is 5.82 Å². The number of hydrogen-bond acceptors (Lipinski definition) is 5. The molecule has 41 heavy (non-hydrogen) atoms. The van der Waals surface area contributed by atoms with Gasteiger partial charge in [-0.2, -0.15) is 4.98 Å². The molecule has 4 aromatic rings. The summed E-state index contributed by atoms with van der Waals surface area (Å²) in [6.07, 6.45) is 1.74. The van der Waals surface area contributed by atoms with Crippen molar-refractivity contribution in [2.45, 2.75) is 51.5 Å². The van der Waals surface area contributed by atoms with Gasteiger partial charge in [-0.15, -0.1) is 0 Å². The standard InChI is InChI=1S/C33H37N3O4Si/c1-24-22-26(23-39-41(33(2,3)4,27-16-10-6-11-17-27)28-18-12-7-13-19-28)40-31(24)36-21-20-29(35-32(36)38)34-30(37)25-14-8-5-9-15-25/h5-21,24,26,31H,22-23H2,1-4H3,(H,34,35,37,38)/t24-,26+,31+/m1/s1. The molecular formula is C33H37N3O4Si. The highest BCUT2D eigenvalue weighted by molar-refractivity contribution is 6.99. The second-order valence-corrected chi connectivity index (χ2v) is 16.0. The van der Waals surface area contributed by atoms with Crippen molar-refractivity contribution >= 4 is 30.4 Å². The molecule has 1 fully saturated rings. The minimum atomic E-state index is -2.70. The molecule has 8 heteroatoms. The third-order valence-electron chi connectivity index (χ3n) is 7.74. The number of ether oxygens (including phenoxy) is 1. The second kappa shape index (κ2) is 11.9. The van der Waals surface area contributed by atoms with E-state index in [9.17, 15) is 9.59 Å². The molecule has 0 unspecified atom stereocenters. The third kappa shape index (κ3) is 5.95. The Labute approximate surface area is 242 Å². The van der Waals surface area contributed by atoms with E-state index < -0.39 is 20.2 Å². The molecule has 0 bridgehead atoms. The van der Waals surface area contributed by atoms with Crippen molar-refractivity contribution in [3.63, 3.8) is 0 Å². The molecule has 5 rings (SSSR count). The van der Waals surface area contributed by atoms with Crippen LogP contribution in [-0.4, -0.2) is 36.5 Å². The summed E-state index contributed by atoms with van der Waals surface area (Å²) in [7, 11) is -2.70. The lowest BCUT2D eigenvalue weighted by Gasteiger charge is -2.43. The maximum absolute atomic E-state index is 13.0. The molecule has 1 N–H and O–H groups in total. The molecule has 0 saturated carbocycles. The van der Waals surface area contributed by atoms with Gasteiger partial charge in [-0.3, -0.25) is 9.36 Å². The number of nitrogens with zero attached hydrogens (tertiary/aromatic N) is 2. The van der Waals surface area contributed by atoms with Gasteiger partial charge in [0.05, 0.1) is 12.7 Å². The Morgan fingerprint density at radius 1 is 0.951 bits per heavy atom. The topological polar surface area (TPSA) is 82.4 Å². The van der Waals surface area contributed by atoms with Crippen LogP contribution in [0.25, 0.3) is 0 Å². The van der Waals surface area contributed by atoms with Crippen molar-refractivity contribution in [2.24, 2.45) is 5.92 Å². The lowest BCUT2D eigenvalue weighted by Crippen LogP contribution is -2.67. The predicted octanol–water partition coefficient (Wildman–Crippen LogP) is 5.00. The number of carbonyl (C=O) groups is 1. The van der Waals surface area contributed by atoms with Gasteiger partial charge < -0.3 is 14.5 Å². The van der Waals surface area contributed by atoms with Crippen molar-refractivity contribution in [1.29, 1.82) is 0 Å². The van der Waals surface area contributed by atoms with E-state index in [0.29, 0.717) is 12.2 Å². The van der Waals surface area contributed by atoms with Crippen LogP contribution in [0.1, 0.15) is 50.7 Å². The van der Waals surface area contributed by atoms with Crippen LogP contribution in [0.15, 0.2) is 108 Å². The first-order valence-electron chi connectivity index (χ1n) is 14.0. The van der Waals surface area contributed by atoms with Crippen molar-refractivity contribution in [3.05, 3.63) is 119 Å². The SMILES string of the molecule is C[C@@H]1C[C@@H](CO[Si](c2ccccc2)(c2ccccc2)C(C)(C)C)O[C@@H]1n1ccc(NC(=O)c2ccccc2)nc1=O. The molecule has 0 aliphatic carbocycles. The molecule has 1 aliphatic heterocycles. The summed E-state index contributed by atoms with van der Waals surface area (Å²) in [6.45, 7) is 9.25. The lowest BCUT2D eigenvalue weighted by molar-refractivity contribution is -0.0308. The normalized spacial score (nSPS) is 19.2. The predicted molar refractivity (Wildman–Crippen MR) is 164 cm³/mol. The average molecular weight is 568 g/mol. The minimum Gasteiger partial charge on any atom is -0.405 e. The van der Waals surface area contributed by atoms with E-state index >= 15 is 0 Å². The number of nitrogens with one attached hydrogen (secondary N) is 1. The van der Waals surface area contributed by atoms with E-state index in [0.717, 1.165) is 6.42 Å². The number of rotatable bonds is 8. The van der Waals surface area contributed by atoms with Gasteiger partial charge in [-0.1, -0.05) is 107 Å². The van der Waals surface area contributed by atoms with Crippen LogP contribution in [0.3, 0.4) is 0 Å². The zero-order valence-corrected chi connectivity index (χ0v) is 25.0. The van der Waals surface area contributed by atoms with Crippen LogP contribution >= 0.6 is 0 Å². The number of benzene rings is 3. The van der Waals surface area contributed by atoms with Gasteiger partial charge in [0.25, 0.3) is 14.2 Å². The highest BCUT2D eigenvalue weighted by atomic mass is 28.4. The van der Waals surface area contributed by atoms with E-state index in [4.69, 9.17) is 9.16 Å². The van der Waals surface area contributed by atoms with Crippen LogP contribution < -0.4 is 21.4 Å². The highest BCUT2D eigenvalue weighted by Crippen LogP contribution is 2.39. The first-order valence-corrected chi connectivity index (χ1v) is 16.0. The Morgan fingerprint density at radius 2 is 1.51 bits per heavy atom. The van der Waals surface area contributed by atoms with Crippen molar-refractivity contribution in [3.8, 4) is 0 Å². The van der Waals surface area contributed by atoms with E-state index in [2.05, 4.69) is 86.5 Å². The van der Waals surface area contributed by atoms with Gasteiger partial charge >= 0.3 is 5.69 Å². The van der Waals surface area contributed by atoms with E-state index in [1.807, 2.05) is 18.2 Å². The van der Waals surface area contributed by atoms with Crippen molar-refractivity contribution in [2.75, 3.05) is 11.9 Å². The molecule has 7 nitrogen and oxygen atoms in total. The lowest BCUT2D eigenvalue weighted by atomic mass is 10.1. The number of carbonyl (C=O) groups excluding carboxylic acids is 1. The summed E-state index contributed by atoms with van der Waals surface area (Å²) in [5.74, 6) is -0.0365. The molecule has 1 saturated heterocycles. The number of amides is 1. The summed E-state index contributed by atoms with van der Waals surface area (Å²) >= 11 is 0. The first-order chi connectivity index (χ1) is 19.7. The van der Waals surface area contributed by atoms with Crippen molar-refractivity contribution < 1.29 is 14.0 Å². The number of aromatic nitrogens is 2. The van der Waals surface area contributed by atoms with Crippen LogP contribution in [0, 0.1) is 5.92 Å². The molecule has 0 spiro atoms. The van der Waals surface area contributed by atoms with Crippen LogP contribution in [-0.2, 0) is 9.16 Å². The zero-order chi connectivity index (χ0) is 29.0. The Morgan fingerprint density at radius 3 is 2.05 bits per heavy atom. The molecule has 3 aromatic carbocycles. The fraction of sp³-hybridized carbons (Fsp3) is 0.303. The van der Waals surface area contributed by atoms with Gasteiger partial charge in [-0.25, -0.2) is 4.79 Å².